The van der Waals surface area contributed by atoms with Gasteiger partial charge in [-0.1, -0.05) is 194 Å². The van der Waals surface area contributed by atoms with E-state index < -0.39 is 75.1 Å². The number of phosphoric acid groups is 1. The van der Waals surface area contributed by atoms with Crippen LogP contribution in [-0.4, -0.2) is 92.4 Å². The summed E-state index contributed by atoms with van der Waals surface area (Å²) in [6.07, 6.45) is 23.7. The molecule has 1 aliphatic heterocycles. The van der Waals surface area contributed by atoms with E-state index in [0.717, 1.165) is 64.2 Å². The highest BCUT2D eigenvalue weighted by molar-refractivity contribution is 7.46. The van der Waals surface area contributed by atoms with Crippen molar-refractivity contribution in [2.75, 3.05) is 6.61 Å². The van der Waals surface area contributed by atoms with Gasteiger partial charge in [0.15, 0.2) is 12.4 Å². The predicted octanol–water partition coefficient (Wildman–Crippen LogP) is 10.2. The third-order valence-electron chi connectivity index (χ3n) is 12.1. The van der Waals surface area contributed by atoms with Crippen LogP contribution < -0.4 is 5.32 Å². The van der Waals surface area contributed by atoms with Gasteiger partial charge in [-0.25, -0.2) is 4.57 Å². The number of phosphoric ester groups is 1. The van der Waals surface area contributed by atoms with Gasteiger partial charge in [0.2, 0.25) is 5.91 Å². The van der Waals surface area contributed by atoms with E-state index in [-0.39, 0.29) is 19.3 Å². The van der Waals surface area contributed by atoms with Gasteiger partial charge in [-0.15, -0.1) is 0 Å². The molecule has 0 radical (unpaired) electrons. The third-order valence-corrected chi connectivity index (χ3v) is 12.5. The molecule has 14 nitrogen and oxygen atoms in total. The Balaban J connectivity index is 2.93. The maximum Gasteiger partial charge on any atom is 0.472 e. The number of aliphatic hydroxyl groups excluding tert-OH is 3. The zero-order valence-corrected chi connectivity index (χ0v) is 40.6. The molecule has 1 amide bonds. The summed E-state index contributed by atoms with van der Waals surface area (Å²) in [4.78, 5) is 59.3. The number of carbonyl (C=O) groups excluding carboxylic acids is 3. The Labute approximate surface area is 381 Å². The quantitative estimate of drug-likeness (QED) is 0.0191. The monoisotopic (exact) mass is 922 g/mol. The van der Waals surface area contributed by atoms with Crippen molar-refractivity contribution in [3.05, 3.63) is 0 Å². The topological polar surface area (TPSA) is 218 Å². The molecule has 0 aromatic heterocycles. The van der Waals surface area contributed by atoms with E-state index in [1.807, 2.05) is 0 Å². The fourth-order valence-corrected chi connectivity index (χ4v) is 8.74. The minimum Gasteiger partial charge on any atom is -0.462 e. The van der Waals surface area contributed by atoms with Crippen LogP contribution in [0.1, 0.15) is 239 Å². The van der Waals surface area contributed by atoms with Crippen LogP contribution >= 0.6 is 7.82 Å². The molecule has 1 heterocycles. The van der Waals surface area contributed by atoms with Gasteiger partial charge in [-0.2, -0.15) is 0 Å². The smallest absolute Gasteiger partial charge is 0.462 e. The Morgan fingerprint density at radius 2 is 1.05 bits per heavy atom. The maximum absolute atomic E-state index is 13.6. The van der Waals surface area contributed by atoms with Crippen molar-refractivity contribution in [3.63, 3.8) is 0 Å². The highest BCUT2D eigenvalue weighted by atomic mass is 31.2. The van der Waals surface area contributed by atoms with Gasteiger partial charge >= 0.3 is 19.8 Å². The molecule has 63 heavy (non-hydrogen) atoms. The fraction of sp³-hybridized carbons (Fsp3) is 0.938. The summed E-state index contributed by atoms with van der Waals surface area (Å²) in [5.74, 6) is -2.05. The van der Waals surface area contributed by atoms with E-state index >= 15 is 0 Å². The Kier molecular flexibility index (Phi) is 36.3. The lowest BCUT2D eigenvalue weighted by molar-refractivity contribution is -0.254. The van der Waals surface area contributed by atoms with Crippen LogP contribution in [0.25, 0.3) is 0 Å². The predicted molar refractivity (Wildman–Crippen MR) is 247 cm³/mol. The Morgan fingerprint density at radius 1 is 0.619 bits per heavy atom. The van der Waals surface area contributed by atoms with Crippen LogP contribution in [0.15, 0.2) is 0 Å². The fourth-order valence-electron chi connectivity index (χ4n) is 8.29. The molecule has 6 N–H and O–H groups in total. The number of unbranched alkanes of at least 4 members (excludes halogenated alkanes) is 26. The summed E-state index contributed by atoms with van der Waals surface area (Å²) in [6.45, 7) is 5.77. The molecule has 0 spiro atoms. The van der Waals surface area contributed by atoms with Crippen LogP contribution in [0.2, 0.25) is 0 Å². The standard InChI is InChI=1S/C48H92NO13P/c1-4-7-10-13-16-19-20-23-26-29-32-35-43(53)59-40(34-31-28-25-22-18-15-12-9-6-3)37-44(54)61-47-45(48(62-63(56,57)58)60-41(38-50)46(47)55)49-42(52)36-39(51)33-30-27-24-21-17-14-11-8-5-2/h39-41,45-48,50-51,55H,4-38H2,1-3H3,(H,49,52)(H2,56,57,58)/t39-,40-,41-,45-,46-,47-,48+/m1/s1. The molecule has 0 bridgehead atoms. The molecule has 0 aromatic rings. The van der Waals surface area contributed by atoms with Crippen molar-refractivity contribution in [2.24, 2.45) is 0 Å². The maximum atomic E-state index is 13.6. The molecule has 0 saturated carbocycles. The third kappa shape index (κ3) is 31.8. The number of carbonyl (C=O) groups is 3. The second-order valence-corrected chi connectivity index (χ2v) is 19.2. The number of nitrogens with one attached hydrogen (secondary N) is 1. The Bertz CT molecular complexity index is 1190. The molecule has 7 atom stereocenters. The zero-order chi connectivity index (χ0) is 46.6. The molecule has 15 heteroatoms. The highest BCUT2D eigenvalue weighted by Gasteiger charge is 2.50. The van der Waals surface area contributed by atoms with E-state index in [1.54, 1.807) is 0 Å². The van der Waals surface area contributed by atoms with E-state index in [9.17, 15) is 44.1 Å². The summed E-state index contributed by atoms with van der Waals surface area (Å²) in [7, 11) is -5.27. The molecule has 1 saturated heterocycles. The lowest BCUT2D eigenvalue weighted by Crippen LogP contribution is -2.65. The van der Waals surface area contributed by atoms with Crippen LogP contribution in [0.5, 0.6) is 0 Å². The van der Waals surface area contributed by atoms with Crippen LogP contribution in [-0.2, 0) is 37.7 Å². The van der Waals surface area contributed by atoms with E-state index in [4.69, 9.17) is 18.7 Å². The average molecular weight is 922 g/mol. The highest BCUT2D eigenvalue weighted by Crippen LogP contribution is 2.41. The first-order valence-corrected chi connectivity index (χ1v) is 26.9. The normalized spacial score (nSPS) is 20.0. The molecule has 0 unspecified atom stereocenters. The molecule has 0 aliphatic carbocycles. The van der Waals surface area contributed by atoms with Gasteiger partial charge in [-0.3, -0.25) is 18.9 Å². The van der Waals surface area contributed by atoms with Gasteiger partial charge in [0.05, 0.1) is 25.6 Å². The Hall–Kier alpha value is -1.64. The largest absolute Gasteiger partial charge is 0.472 e. The van der Waals surface area contributed by atoms with E-state index in [1.165, 1.54) is 103 Å². The summed E-state index contributed by atoms with van der Waals surface area (Å²) in [6, 6.07) is -1.63. The zero-order valence-electron chi connectivity index (χ0n) is 39.7. The Morgan fingerprint density at radius 3 is 1.49 bits per heavy atom. The van der Waals surface area contributed by atoms with Crippen molar-refractivity contribution in [1.29, 1.82) is 0 Å². The first-order valence-electron chi connectivity index (χ1n) is 25.4. The second kappa shape index (κ2) is 38.5. The molecule has 1 aliphatic rings. The minimum absolute atomic E-state index is 0.220. The van der Waals surface area contributed by atoms with Crippen molar-refractivity contribution < 1.29 is 62.8 Å². The van der Waals surface area contributed by atoms with Crippen LogP contribution in [0.3, 0.4) is 0 Å². The first kappa shape index (κ1) is 59.4. The molecule has 1 fully saturated rings. The lowest BCUT2D eigenvalue weighted by atomic mass is 9.96. The number of aliphatic hydroxyl groups is 3. The van der Waals surface area contributed by atoms with Crippen LogP contribution in [0.4, 0.5) is 0 Å². The summed E-state index contributed by atoms with van der Waals surface area (Å²) in [5, 5.41) is 34.4. The van der Waals surface area contributed by atoms with Crippen LogP contribution in [0, 0.1) is 0 Å². The van der Waals surface area contributed by atoms with E-state index in [0.29, 0.717) is 32.1 Å². The summed E-state index contributed by atoms with van der Waals surface area (Å²) >= 11 is 0. The van der Waals surface area contributed by atoms with Gasteiger partial charge in [0.25, 0.3) is 0 Å². The SMILES string of the molecule is CCCCCCCCCCCCCC(=O)O[C@H](CCCCCCCCCCC)CC(=O)O[C@H]1[C@H](O)[C@@H](CO)O[C@@H](OP(=O)(O)O)[C@@H]1NC(=O)C[C@H](O)CCCCCCCCCCC. The average Bonchev–Trinajstić information content (AvgIpc) is 3.23. The first-order chi connectivity index (χ1) is 30.3. The van der Waals surface area contributed by atoms with E-state index in [2.05, 4.69) is 26.1 Å². The lowest BCUT2D eigenvalue weighted by Gasteiger charge is -2.43. The van der Waals surface area contributed by atoms with Gasteiger partial charge in [-0.05, 0) is 25.7 Å². The number of amides is 1. The minimum atomic E-state index is -5.27. The number of hydrogen-bond acceptors (Lipinski definition) is 11. The van der Waals surface area contributed by atoms with Gasteiger partial charge in [0, 0.05) is 6.42 Å². The molecule has 0 aromatic carbocycles. The van der Waals surface area contributed by atoms with Gasteiger partial charge in [0.1, 0.15) is 24.4 Å². The summed E-state index contributed by atoms with van der Waals surface area (Å²) in [5.41, 5.74) is 0. The number of rotatable bonds is 42. The van der Waals surface area contributed by atoms with Crippen molar-refractivity contribution in [3.8, 4) is 0 Å². The second-order valence-electron chi connectivity index (χ2n) is 18.1. The molecule has 372 valence electrons. The molecular weight excluding hydrogens is 829 g/mol. The van der Waals surface area contributed by atoms with Crippen molar-refractivity contribution in [1.82, 2.24) is 5.32 Å². The van der Waals surface area contributed by atoms with Crippen molar-refractivity contribution in [2.45, 2.75) is 282 Å². The molecule has 1 rings (SSSR count). The van der Waals surface area contributed by atoms with Gasteiger partial charge < -0.3 is 44.6 Å². The summed E-state index contributed by atoms with van der Waals surface area (Å²) < 4.78 is 33.9. The van der Waals surface area contributed by atoms with Crippen molar-refractivity contribution >= 4 is 25.7 Å². The number of ether oxygens (including phenoxy) is 3. The number of hydrogen-bond donors (Lipinski definition) is 6. The molecular formula is C48H92NO13P. The number of esters is 2.